The highest BCUT2D eigenvalue weighted by atomic mass is 16.5. The lowest BCUT2D eigenvalue weighted by molar-refractivity contribution is -0.139. The van der Waals surface area contributed by atoms with Crippen LogP contribution in [-0.2, 0) is 16.1 Å². The van der Waals surface area contributed by atoms with Crippen LogP contribution < -0.4 is 5.32 Å². The summed E-state index contributed by atoms with van der Waals surface area (Å²) in [4.78, 5) is 27.5. The SMILES string of the molecule is COC(=O)CNC(=O)c1cc(C)n(Cc2ccccn2)c1C. The van der Waals surface area contributed by atoms with E-state index in [0.29, 0.717) is 12.1 Å². The van der Waals surface area contributed by atoms with E-state index in [0.717, 1.165) is 17.1 Å². The molecule has 6 nitrogen and oxygen atoms in total. The zero-order valence-electron chi connectivity index (χ0n) is 12.9. The molecule has 0 saturated carbocycles. The molecule has 0 fully saturated rings. The Hall–Kier alpha value is -2.63. The molecule has 116 valence electrons. The number of carbonyl (C=O) groups is 2. The number of nitrogens with one attached hydrogen (secondary N) is 1. The normalized spacial score (nSPS) is 10.3. The van der Waals surface area contributed by atoms with Gasteiger partial charge in [0, 0.05) is 17.6 Å². The Labute approximate surface area is 129 Å². The summed E-state index contributed by atoms with van der Waals surface area (Å²) in [7, 11) is 1.28. The maximum atomic E-state index is 12.2. The minimum atomic E-state index is -0.476. The number of hydrogen-bond donors (Lipinski definition) is 1. The van der Waals surface area contributed by atoms with Crippen molar-refractivity contribution in [2.75, 3.05) is 13.7 Å². The molecule has 0 atom stereocenters. The molecule has 2 aromatic rings. The van der Waals surface area contributed by atoms with Crippen LogP contribution in [0.3, 0.4) is 0 Å². The van der Waals surface area contributed by atoms with Gasteiger partial charge in [-0.1, -0.05) is 6.07 Å². The zero-order valence-corrected chi connectivity index (χ0v) is 12.9. The largest absolute Gasteiger partial charge is 0.468 e. The fourth-order valence-electron chi connectivity index (χ4n) is 2.25. The van der Waals surface area contributed by atoms with E-state index in [9.17, 15) is 9.59 Å². The van der Waals surface area contributed by atoms with Gasteiger partial charge in [0.25, 0.3) is 5.91 Å². The zero-order chi connectivity index (χ0) is 16.1. The lowest BCUT2D eigenvalue weighted by Crippen LogP contribution is -2.30. The molecule has 1 N–H and O–H groups in total. The number of esters is 1. The Balaban J connectivity index is 2.16. The number of aromatic nitrogens is 2. The molecule has 2 rings (SSSR count). The Morgan fingerprint density at radius 3 is 2.73 bits per heavy atom. The molecular formula is C16H19N3O3. The molecule has 0 aliphatic heterocycles. The smallest absolute Gasteiger partial charge is 0.325 e. The van der Waals surface area contributed by atoms with Crippen LogP contribution in [0.15, 0.2) is 30.5 Å². The number of rotatable bonds is 5. The molecule has 22 heavy (non-hydrogen) atoms. The van der Waals surface area contributed by atoms with Crippen molar-refractivity contribution in [2.24, 2.45) is 0 Å². The van der Waals surface area contributed by atoms with Crippen LogP contribution in [0.1, 0.15) is 27.4 Å². The second-order valence-electron chi connectivity index (χ2n) is 4.95. The third-order valence-electron chi connectivity index (χ3n) is 3.49. The van der Waals surface area contributed by atoms with Crippen molar-refractivity contribution in [2.45, 2.75) is 20.4 Å². The van der Waals surface area contributed by atoms with Crippen molar-refractivity contribution in [1.29, 1.82) is 0 Å². The number of pyridine rings is 1. The highest BCUT2D eigenvalue weighted by molar-refractivity contribution is 5.97. The van der Waals surface area contributed by atoms with Gasteiger partial charge >= 0.3 is 5.97 Å². The van der Waals surface area contributed by atoms with Crippen LogP contribution in [-0.4, -0.2) is 35.1 Å². The van der Waals surface area contributed by atoms with Crippen LogP contribution in [0.4, 0.5) is 0 Å². The summed E-state index contributed by atoms with van der Waals surface area (Å²) < 4.78 is 6.53. The highest BCUT2D eigenvalue weighted by Crippen LogP contribution is 2.16. The first kappa shape index (κ1) is 15.8. The summed E-state index contributed by atoms with van der Waals surface area (Å²) in [5, 5.41) is 2.55. The molecule has 0 saturated heterocycles. The number of methoxy groups -OCH3 is 1. The maximum Gasteiger partial charge on any atom is 0.325 e. The summed E-state index contributed by atoms with van der Waals surface area (Å²) in [6.45, 7) is 4.28. The molecule has 0 aromatic carbocycles. The lowest BCUT2D eigenvalue weighted by atomic mass is 10.2. The predicted octanol–water partition coefficient (Wildman–Crippen LogP) is 1.45. The van der Waals surface area contributed by atoms with Gasteiger partial charge in [0.05, 0.1) is 24.9 Å². The molecule has 2 heterocycles. The topological polar surface area (TPSA) is 73.2 Å². The van der Waals surface area contributed by atoms with Crippen LogP contribution in [0.2, 0.25) is 0 Å². The maximum absolute atomic E-state index is 12.2. The van der Waals surface area contributed by atoms with E-state index in [1.165, 1.54) is 7.11 Å². The Morgan fingerprint density at radius 2 is 2.09 bits per heavy atom. The highest BCUT2D eigenvalue weighted by Gasteiger charge is 2.16. The van der Waals surface area contributed by atoms with Crippen molar-refractivity contribution in [3.05, 3.63) is 53.1 Å². The van der Waals surface area contributed by atoms with E-state index in [2.05, 4.69) is 15.0 Å². The number of hydrogen-bond acceptors (Lipinski definition) is 4. The minimum Gasteiger partial charge on any atom is -0.468 e. The Morgan fingerprint density at radius 1 is 1.32 bits per heavy atom. The van der Waals surface area contributed by atoms with Gasteiger partial charge < -0.3 is 14.6 Å². The number of amides is 1. The van der Waals surface area contributed by atoms with E-state index in [1.54, 1.807) is 6.20 Å². The molecule has 0 bridgehead atoms. The van der Waals surface area contributed by atoms with E-state index < -0.39 is 5.97 Å². The van der Waals surface area contributed by atoms with E-state index in [1.807, 2.05) is 42.7 Å². The van der Waals surface area contributed by atoms with Crippen molar-refractivity contribution >= 4 is 11.9 Å². The van der Waals surface area contributed by atoms with Gasteiger partial charge in [-0.25, -0.2) is 0 Å². The van der Waals surface area contributed by atoms with Gasteiger partial charge in [0.2, 0.25) is 0 Å². The third-order valence-corrected chi connectivity index (χ3v) is 3.49. The fraction of sp³-hybridized carbons (Fsp3) is 0.312. The molecule has 0 radical (unpaired) electrons. The quantitative estimate of drug-likeness (QED) is 0.848. The van der Waals surface area contributed by atoms with Crippen molar-refractivity contribution in [3.63, 3.8) is 0 Å². The molecule has 0 aliphatic carbocycles. The predicted molar refractivity (Wildman–Crippen MR) is 81.6 cm³/mol. The number of ether oxygens (including phenoxy) is 1. The third kappa shape index (κ3) is 3.52. The fourth-order valence-corrected chi connectivity index (χ4v) is 2.25. The summed E-state index contributed by atoms with van der Waals surface area (Å²) in [5.74, 6) is -0.763. The molecule has 6 heteroatoms. The average Bonchev–Trinajstić information content (AvgIpc) is 2.81. The van der Waals surface area contributed by atoms with Crippen molar-refractivity contribution in [3.8, 4) is 0 Å². The Bertz CT molecular complexity index is 677. The average molecular weight is 301 g/mol. The molecule has 2 aromatic heterocycles. The standard InChI is InChI=1S/C16H19N3O3/c1-11-8-14(16(21)18-9-15(20)22-3)12(2)19(11)10-13-6-4-5-7-17-13/h4-8H,9-10H2,1-3H3,(H,18,21). The van der Waals surface area contributed by atoms with Crippen molar-refractivity contribution < 1.29 is 14.3 Å². The first-order valence-corrected chi connectivity index (χ1v) is 6.94. The second-order valence-corrected chi connectivity index (χ2v) is 4.95. The monoisotopic (exact) mass is 301 g/mol. The van der Waals surface area contributed by atoms with Crippen LogP contribution >= 0.6 is 0 Å². The number of aryl methyl sites for hydroxylation is 1. The minimum absolute atomic E-state index is 0.140. The molecule has 0 unspecified atom stereocenters. The number of nitrogens with zero attached hydrogens (tertiary/aromatic N) is 2. The van der Waals surface area contributed by atoms with Crippen molar-refractivity contribution in [1.82, 2.24) is 14.9 Å². The summed E-state index contributed by atoms with van der Waals surface area (Å²) in [6, 6.07) is 7.55. The van der Waals surface area contributed by atoms with E-state index >= 15 is 0 Å². The molecular weight excluding hydrogens is 282 g/mol. The van der Waals surface area contributed by atoms with E-state index in [-0.39, 0.29) is 12.5 Å². The van der Waals surface area contributed by atoms with Crippen LogP contribution in [0, 0.1) is 13.8 Å². The lowest BCUT2D eigenvalue weighted by Gasteiger charge is -2.09. The van der Waals surface area contributed by atoms with Gasteiger partial charge in [-0.05, 0) is 32.0 Å². The summed E-state index contributed by atoms with van der Waals surface area (Å²) in [5.41, 5.74) is 3.28. The first-order valence-electron chi connectivity index (χ1n) is 6.94. The van der Waals surface area contributed by atoms with Gasteiger partial charge in [0.15, 0.2) is 0 Å². The van der Waals surface area contributed by atoms with Gasteiger partial charge in [-0.2, -0.15) is 0 Å². The molecule has 1 amide bonds. The van der Waals surface area contributed by atoms with Gasteiger partial charge in [-0.15, -0.1) is 0 Å². The molecule has 0 aliphatic rings. The second kappa shape index (κ2) is 6.89. The number of carbonyl (C=O) groups excluding carboxylic acids is 2. The van der Waals surface area contributed by atoms with Crippen LogP contribution in [0.5, 0.6) is 0 Å². The Kier molecular flexibility index (Phi) is 4.93. The van der Waals surface area contributed by atoms with Crippen LogP contribution in [0.25, 0.3) is 0 Å². The van der Waals surface area contributed by atoms with Gasteiger partial charge in [0.1, 0.15) is 6.54 Å². The summed E-state index contributed by atoms with van der Waals surface area (Å²) in [6.07, 6.45) is 1.74. The first-order chi connectivity index (χ1) is 10.5. The molecule has 0 spiro atoms. The summed E-state index contributed by atoms with van der Waals surface area (Å²) >= 11 is 0. The van der Waals surface area contributed by atoms with Gasteiger partial charge in [-0.3, -0.25) is 14.6 Å². The van der Waals surface area contributed by atoms with E-state index in [4.69, 9.17) is 0 Å².